The Morgan fingerprint density at radius 1 is 1.58 bits per heavy atom. The fourth-order valence-electron chi connectivity index (χ4n) is 0.674. The first-order valence-corrected chi connectivity index (χ1v) is 3.86. The summed E-state index contributed by atoms with van der Waals surface area (Å²) >= 11 is 10.7. The van der Waals surface area contributed by atoms with Crippen LogP contribution in [0.1, 0.15) is 16.1 Å². The van der Waals surface area contributed by atoms with Gasteiger partial charge in [-0.15, -0.1) is 24.0 Å². The summed E-state index contributed by atoms with van der Waals surface area (Å²) in [5, 5.41) is -0.487. The molecular formula is C7H6Cl3NO. The third-order valence-electron chi connectivity index (χ3n) is 1.18. The van der Waals surface area contributed by atoms with Crippen LogP contribution in [0.5, 0.6) is 0 Å². The highest BCUT2D eigenvalue weighted by atomic mass is 35.5. The Morgan fingerprint density at radius 3 is 2.75 bits per heavy atom. The molecule has 0 fully saturated rings. The monoisotopic (exact) mass is 225 g/mol. The van der Waals surface area contributed by atoms with Gasteiger partial charge in [-0.2, -0.15) is 0 Å². The van der Waals surface area contributed by atoms with Crippen LogP contribution in [-0.2, 0) is 5.88 Å². The Labute approximate surface area is 86.3 Å². The minimum absolute atomic E-state index is 0. The van der Waals surface area contributed by atoms with Gasteiger partial charge in [-0.1, -0.05) is 0 Å². The maximum atomic E-state index is 10.6. The van der Waals surface area contributed by atoms with Crippen molar-refractivity contribution >= 4 is 40.9 Å². The predicted octanol–water partition coefficient (Wildman–Crippen LogP) is 2.62. The van der Waals surface area contributed by atoms with E-state index in [0.717, 1.165) is 0 Å². The molecule has 0 unspecified atom stereocenters. The van der Waals surface area contributed by atoms with E-state index in [9.17, 15) is 4.79 Å². The molecule has 0 saturated carbocycles. The minimum atomic E-state index is -0.487. The van der Waals surface area contributed by atoms with Gasteiger partial charge in [0.25, 0.3) is 5.24 Å². The smallest absolute Gasteiger partial charge is 0.252 e. The van der Waals surface area contributed by atoms with E-state index in [1.165, 1.54) is 6.20 Å². The van der Waals surface area contributed by atoms with Crippen LogP contribution in [0.15, 0.2) is 18.3 Å². The Morgan fingerprint density at radius 2 is 2.25 bits per heavy atom. The van der Waals surface area contributed by atoms with Crippen molar-refractivity contribution in [2.45, 2.75) is 5.88 Å². The van der Waals surface area contributed by atoms with Gasteiger partial charge in [-0.05, 0) is 23.7 Å². The molecule has 0 bridgehead atoms. The highest BCUT2D eigenvalue weighted by Crippen LogP contribution is 2.06. The molecule has 1 rings (SSSR count). The van der Waals surface area contributed by atoms with Crippen molar-refractivity contribution in [3.05, 3.63) is 29.6 Å². The summed E-state index contributed by atoms with van der Waals surface area (Å²) in [6.07, 6.45) is 1.51. The molecule has 0 aliphatic carbocycles. The molecule has 5 heteroatoms. The van der Waals surface area contributed by atoms with Gasteiger partial charge < -0.3 is 0 Å². The van der Waals surface area contributed by atoms with Crippen LogP contribution in [0.4, 0.5) is 0 Å². The third kappa shape index (κ3) is 2.97. The van der Waals surface area contributed by atoms with Crippen LogP contribution in [0.3, 0.4) is 0 Å². The molecular weight excluding hydrogens is 220 g/mol. The first-order valence-electron chi connectivity index (χ1n) is 2.95. The maximum absolute atomic E-state index is 10.6. The molecule has 1 aromatic rings. The van der Waals surface area contributed by atoms with E-state index in [0.29, 0.717) is 11.3 Å². The number of alkyl halides is 1. The second-order valence-corrected chi connectivity index (χ2v) is 2.55. The van der Waals surface area contributed by atoms with E-state index in [1.54, 1.807) is 12.1 Å². The summed E-state index contributed by atoms with van der Waals surface area (Å²) in [4.78, 5) is 14.5. The largest absolute Gasteiger partial charge is 0.276 e. The standard InChI is InChI=1S/C7H5Cl2NO.ClH/c8-4-6-3-5(7(9)11)1-2-10-6;/h1-3H,4H2;1H. The number of rotatable bonds is 2. The predicted molar refractivity (Wildman–Crippen MR) is 51.2 cm³/mol. The lowest BCUT2D eigenvalue weighted by Gasteiger charge is -1.95. The Hall–Kier alpha value is -0.310. The lowest BCUT2D eigenvalue weighted by Crippen LogP contribution is -1.92. The average Bonchev–Trinajstić information content (AvgIpc) is 2.05. The summed E-state index contributed by atoms with van der Waals surface area (Å²) in [5.74, 6) is 0.290. The lowest BCUT2D eigenvalue weighted by atomic mass is 10.2. The first kappa shape index (κ1) is 11.7. The molecule has 2 nitrogen and oxygen atoms in total. The van der Waals surface area contributed by atoms with E-state index in [4.69, 9.17) is 23.2 Å². The molecule has 0 aliphatic heterocycles. The normalized spacial score (nSPS) is 8.83. The van der Waals surface area contributed by atoms with Crippen LogP contribution in [-0.4, -0.2) is 10.2 Å². The molecule has 0 saturated heterocycles. The van der Waals surface area contributed by atoms with E-state index in [-0.39, 0.29) is 18.3 Å². The highest BCUT2D eigenvalue weighted by molar-refractivity contribution is 6.67. The Balaban J connectivity index is 0.00000121. The second kappa shape index (κ2) is 5.36. The van der Waals surface area contributed by atoms with Crippen LogP contribution in [0, 0.1) is 0 Å². The van der Waals surface area contributed by atoms with Gasteiger partial charge in [0.05, 0.1) is 11.6 Å². The molecule has 0 radical (unpaired) electrons. The second-order valence-electron chi connectivity index (χ2n) is 1.94. The number of nitrogens with zero attached hydrogens (tertiary/aromatic N) is 1. The molecule has 1 aromatic heterocycles. The summed E-state index contributed by atoms with van der Waals surface area (Å²) in [6.45, 7) is 0. The molecule has 66 valence electrons. The topological polar surface area (TPSA) is 30.0 Å². The van der Waals surface area contributed by atoms with Gasteiger partial charge in [0, 0.05) is 11.8 Å². The number of aromatic nitrogens is 1. The zero-order valence-electron chi connectivity index (χ0n) is 5.96. The molecule has 0 aliphatic rings. The van der Waals surface area contributed by atoms with Gasteiger partial charge in [0.1, 0.15) is 0 Å². The zero-order valence-corrected chi connectivity index (χ0v) is 8.29. The quantitative estimate of drug-likeness (QED) is 0.573. The number of hydrogen-bond acceptors (Lipinski definition) is 2. The summed E-state index contributed by atoms with van der Waals surface area (Å²) in [5.41, 5.74) is 1.08. The molecule has 0 aromatic carbocycles. The van der Waals surface area contributed by atoms with Crippen molar-refractivity contribution in [2.24, 2.45) is 0 Å². The van der Waals surface area contributed by atoms with Crippen molar-refractivity contribution in [2.75, 3.05) is 0 Å². The third-order valence-corrected chi connectivity index (χ3v) is 1.67. The number of carbonyl (C=O) groups excluding carboxylic acids is 1. The van der Waals surface area contributed by atoms with E-state index in [1.807, 2.05) is 0 Å². The summed E-state index contributed by atoms with van der Waals surface area (Å²) in [6, 6.07) is 3.12. The lowest BCUT2D eigenvalue weighted by molar-refractivity contribution is 0.108. The van der Waals surface area contributed by atoms with E-state index >= 15 is 0 Å². The van der Waals surface area contributed by atoms with Crippen LogP contribution in [0.25, 0.3) is 0 Å². The van der Waals surface area contributed by atoms with Crippen molar-refractivity contribution in [3.63, 3.8) is 0 Å². The van der Waals surface area contributed by atoms with Gasteiger partial charge in [0.15, 0.2) is 0 Å². The maximum Gasteiger partial charge on any atom is 0.252 e. The number of halogens is 3. The summed E-state index contributed by atoms with van der Waals surface area (Å²) in [7, 11) is 0. The molecule has 0 spiro atoms. The van der Waals surface area contributed by atoms with Crippen molar-refractivity contribution < 1.29 is 4.79 Å². The van der Waals surface area contributed by atoms with Crippen LogP contribution >= 0.6 is 35.6 Å². The van der Waals surface area contributed by atoms with Crippen LogP contribution < -0.4 is 0 Å². The van der Waals surface area contributed by atoms with Crippen molar-refractivity contribution in [1.29, 1.82) is 0 Å². The fourth-order valence-corrected chi connectivity index (χ4v) is 0.937. The molecule has 0 atom stereocenters. The number of carbonyl (C=O) groups is 1. The Kier molecular flexibility index (Phi) is 5.22. The first-order chi connectivity index (χ1) is 5.24. The van der Waals surface area contributed by atoms with E-state index < -0.39 is 5.24 Å². The number of pyridine rings is 1. The SMILES string of the molecule is Cl.O=C(Cl)c1ccnc(CCl)c1. The molecule has 12 heavy (non-hydrogen) atoms. The van der Waals surface area contributed by atoms with Gasteiger partial charge in [0.2, 0.25) is 0 Å². The molecule has 1 heterocycles. The molecule has 0 N–H and O–H groups in total. The highest BCUT2D eigenvalue weighted by Gasteiger charge is 2.01. The number of hydrogen-bond donors (Lipinski definition) is 0. The zero-order chi connectivity index (χ0) is 8.27. The summed E-state index contributed by atoms with van der Waals surface area (Å²) < 4.78 is 0. The van der Waals surface area contributed by atoms with E-state index in [2.05, 4.69) is 4.98 Å². The molecule has 0 amide bonds. The van der Waals surface area contributed by atoms with Gasteiger partial charge >= 0.3 is 0 Å². The van der Waals surface area contributed by atoms with Gasteiger partial charge in [-0.25, -0.2) is 0 Å². The average molecular weight is 226 g/mol. The van der Waals surface area contributed by atoms with Crippen LogP contribution in [0.2, 0.25) is 0 Å². The van der Waals surface area contributed by atoms with Crippen molar-refractivity contribution in [1.82, 2.24) is 4.98 Å². The minimum Gasteiger partial charge on any atom is -0.276 e. The van der Waals surface area contributed by atoms with Crippen molar-refractivity contribution in [3.8, 4) is 0 Å². The fraction of sp³-hybridized carbons (Fsp3) is 0.143. The van der Waals surface area contributed by atoms with Gasteiger partial charge in [-0.3, -0.25) is 9.78 Å². The Bertz CT molecular complexity index is 277.